The van der Waals surface area contributed by atoms with Gasteiger partial charge in [0.15, 0.2) is 0 Å². The highest BCUT2D eigenvalue weighted by atomic mass is 35.5. The molecule has 2 heterocycles. The standard InChI is InChI=1S/C17H22Cl2N4O/c1-21-6-8-22(9-7-21)11-17(24,12-23-5-4-20-13-23)15-3-2-14(18)10-16(15)19/h2-5,10,13,24H,6-9,11-12H2,1H3. The maximum Gasteiger partial charge on any atom is 0.121 e. The van der Waals surface area contributed by atoms with Crippen LogP contribution in [0.5, 0.6) is 0 Å². The molecule has 24 heavy (non-hydrogen) atoms. The smallest absolute Gasteiger partial charge is 0.121 e. The molecular formula is C17H22Cl2N4O. The van der Waals surface area contributed by atoms with Gasteiger partial charge in [0.1, 0.15) is 5.60 Å². The molecule has 1 fully saturated rings. The SMILES string of the molecule is CN1CCN(CC(O)(Cn2ccnc2)c2ccc(Cl)cc2Cl)CC1. The third kappa shape index (κ3) is 4.10. The normalized spacial score (nSPS) is 19.3. The average Bonchev–Trinajstić information content (AvgIpc) is 3.02. The predicted molar refractivity (Wildman–Crippen MR) is 96.5 cm³/mol. The second-order valence-electron chi connectivity index (χ2n) is 6.47. The highest BCUT2D eigenvalue weighted by molar-refractivity contribution is 6.35. The zero-order chi connectivity index (χ0) is 17.2. The van der Waals surface area contributed by atoms with E-state index < -0.39 is 5.60 Å². The van der Waals surface area contributed by atoms with Crippen LogP contribution in [0.3, 0.4) is 0 Å². The highest BCUT2D eigenvalue weighted by Gasteiger charge is 2.35. The summed E-state index contributed by atoms with van der Waals surface area (Å²) in [4.78, 5) is 8.64. The number of halogens is 2. The number of β-amino-alcohol motifs (C(OH)–C–C–N with tert-alkyl or cyclic N) is 1. The van der Waals surface area contributed by atoms with Gasteiger partial charge < -0.3 is 14.6 Å². The molecule has 1 saturated heterocycles. The van der Waals surface area contributed by atoms with Crippen molar-refractivity contribution in [2.24, 2.45) is 0 Å². The van der Waals surface area contributed by atoms with E-state index in [0.29, 0.717) is 28.7 Å². The van der Waals surface area contributed by atoms with Crippen molar-refractivity contribution in [1.82, 2.24) is 19.4 Å². The van der Waals surface area contributed by atoms with Crippen molar-refractivity contribution >= 4 is 23.2 Å². The van der Waals surface area contributed by atoms with E-state index in [1.165, 1.54) is 0 Å². The van der Waals surface area contributed by atoms with Gasteiger partial charge in [0.05, 0.1) is 12.9 Å². The predicted octanol–water partition coefficient (Wildman–Crippen LogP) is 2.33. The van der Waals surface area contributed by atoms with Crippen LogP contribution < -0.4 is 0 Å². The van der Waals surface area contributed by atoms with Crippen LogP contribution >= 0.6 is 23.2 Å². The first-order chi connectivity index (χ1) is 11.5. The van der Waals surface area contributed by atoms with Gasteiger partial charge in [0.25, 0.3) is 0 Å². The summed E-state index contributed by atoms with van der Waals surface area (Å²) in [5, 5.41) is 12.6. The largest absolute Gasteiger partial charge is 0.382 e. The minimum absolute atomic E-state index is 0.390. The Morgan fingerprint density at radius 1 is 1.17 bits per heavy atom. The lowest BCUT2D eigenvalue weighted by Crippen LogP contribution is -2.51. The zero-order valence-electron chi connectivity index (χ0n) is 13.7. The van der Waals surface area contributed by atoms with Crippen molar-refractivity contribution in [3.63, 3.8) is 0 Å². The lowest BCUT2D eigenvalue weighted by Gasteiger charge is -2.39. The van der Waals surface area contributed by atoms with Crippen LogP contribution in [0, 0.1) is 0 Å². The van der Waals surface area contributed by atoms with Gasteiger partial charge in [0.2, 0.25) is 0 Å². The van der Waals surface area contributed by atoms with Crippen molar-refractivity contribution in [2.75, 3.05) is 39.8 Å². The minimum Gasteiger partial charge on any atom is -0.382 e. The van der Waals surface area contributed by atoms with Crippen LogP contribution in [0.25, 0.3) is 0 Å². The Bertz CT molecular complexity index is 671. The second kappa shape index (κ2) is 7.42. The Labute approximate surface area is 152 Å². The number of hydrogen-bond donors (Lipinski definition) is 1. The molecule has 130 valence electrons. The van der Waals surface area contributed by atoms with Crippen molar-refractivity contribution in [2.45, 2.75) is 12.1 Å². The van der Waals surface area contributed by atoms with Crippen molar-refractivity contribution in [3.8, 4) is 0 Å². The molecule has 0 aliphatic carbocycles. The van der Waals surface area contributed by atoms with Gasteiger partial charge in [-0.05, 0) is 19.2 Å². The highest BCUT2D eigenvalue weighted by Crippen LogP contribution is 2.33. The van der Waals surface area contributed by atoms with E-state index in [0.717, 1.165) is 26.2 Å². The lowest BCUT2D eigenvalue weighted by atomic mass is 9.92. The van der Waals surface area contributed by atoms with E-state index in [4.69, 9.17) is 23.2 Å². The molecule has 1 aromatic carbocycles. The second-order valence-corrected chi connectivity index (χ2v) is 7.31. The van der Waals surface area contributed by atoms with E-state index in [2.05, 4.69) is 21.8 Å². The van der Waals surface area contributed by atoms with Crippen molar-refractivity contribution in [1.29, 1.82) is 0 Å². The van der Waals surface area contributed by atoms with Crippen LogP contribution in [-0.4, -0.2) is 64.2 Å². The molecular weight excluding hydrogens is 347 g/mol. The Balaban J connectivity index is 1.88. The molecule has 1 aromatic heterocycles. The third-order valence-corrected chi connectivity index (χ3v) is 5.06. The Morgan fingerprint density at radius 2 is 1.92 bits per heavy atom. The van der Waals surface area contributed by atoms with E-state index in [1.54, 1.807) is 24.7 Å². The quantitative estimate of drug-likeness (QED) is 0.879. The molecule has 0 radical (unpaired) electrons. The molecule has 1 unspecified atom stereocenters. The number of likely N-dealkylation sites (N-methyl/N-ethyl adjacent to an activating group) is 1. The molecule has 5 nitrogen and oxygen atoms in total. The van der Waals surface area contributed by atoms with Crippen molar-refractivity contribution in [3.05, 3.63) is 52.5 Å². The Morgan fingerprint density at radius 3 is 2.54 bits per heavy atom. The van der Waals surface area contributed by atoms with Gasteiger partial charge in [-0.25, -0.2) is 4.98 Å². The number of nitrogens with zero attached hydrogens (tertiary/aromatic N) is 4. The molecule has 1 atom stereocenters. The molecule has 0 spiro atoms. The van der Waals surface area contributed by atoms with Gasteiger partial charge in [0, 0.05) is 60.7 Å². The third-order valence-electron chi connectivity index (χ3n) is 4.52. The summed E-state index contributed by atoms with van der Waals surface area (Å²) in [5.74, 6) is 0. The zero-order valence-corrected chi connectivity index (χ0v) is 15.2. The van der Waals surface area contributed by atoms with Crippen LogP contribution in [0.15, 0.2) is 36.9 Å². The first kappa shape index (κ1) is 17.7. The molecule has 0 bridgehead atoms. The molecule has 2 aromatic rings. The fraction of sp³-hybridized carbons (Fsp3) is 0.471. The average molecular weight is 369 g/mol. The van der Waals surface area contributed by atoms with E-state index in [-0.39, 0.29) is 0 Å². The number of piperazine rings is 1. The van der Waals surface area contributed by atoms with E-state index in [1.807, 2.05) is 16.8 Å². The van der Waals surface area contributed by atoms with E-state index in [9.17, 15) is 5.11 Å². The number of rotatable bonds is 5. The van der Waals surface area contributed by atoms with Crippen molar-refractivity contribution < 1.29 is 5.11 Å². The van der Waals surface area contributed by atoms with Gasteiger partial charge in [-0.1, -0.05) is 29.3 Å². The van der Waals surface area contributed by atoms with Gasteiger partial charge >= 0.3 is 0 Å². The number of hydrogen-bond acceptors (Lipinski definition) is 4. The van der Waals surface area contributed by atoms with Crippen LogP contribution in [0.2, 0.25) is 10.0 Å². The molecule has 0 saturated carbocycles. The minimum atomic E-state index is -1.11. The summed E-state index contributed by atoms with van der Waals surface area (Å²) in [6, 6.07) is 5.27. The number of benzene rings is 1. The monoisotopic (exact) mass is 368 g/mol. The molecule has 1 N–H and O–H groups in total. The molecule has 1 aliphatic heterocycles. The summed E-state index contributed by atoms with van der Waals surface area (Å²) in [6.07, 6.45) is 5.26. The van der Waals surface area contributed by atoms with E-state index >= 15 is 0 Å². The molecule has 7 heteroatoms. The molecule has 1 aliphatic rings. The van der Waals surface area contributed by atoms with Crippen LogP contribution in [-0.2, 0) is 12.1 Å². The molecule has 0 amide bonds. The summed E-state index contributed by atoms with van der Waals surface area (Å²) >= 11 is 12.4. The first-order valence-corrected chi connectivity index (χ1v) is 8.76. The summed E-state index contributed by atoms with van der Waals surface area (Å²) in [6.45, 7) is 4.74. The molecule has 3 rings (SSSR count). The Kier molecular flexibility index (Phi) is 5.47. The Hall–Kier alpha value is -1.11. The van der Waals surface area contributed by atoms with Gasteiger partial charge in [-0.2, -0.15) is 0 Å². The number of imidazole rings is 1. The topological polar surface area (TPSA) is 44.5 Å². The van der Waals surface area contributed by atoms with Gasteiger partial charge in [-0.3, -0.25) is 4.90 Å². The summed E-state index contributed by atoms with van der Waals surface area (Å²) in [7, 11) is 2.12. The summed E-state index contributed by atoms with van der Waals surface area (Å²) in [5.41, 5.74) is -0.417. The maximum atomic E-state index is 11.5. The maximum absolute atomic E-state index is 11.5. The van der Waals surface area contributed by atoms with Crippen LogP contribution in [0.1, 0.15) is 5.56 Å². The van der Waals surface area contributed by atoms with Gasteiger partial charge in [-0.15, -0.1) is 0 Å². The number of aromatic nitrogens is 2. The summed E-state index contributed by atoms with van der Waals surface area (Å²) < 4.78 is 1.88. The number of aliphatic hydroxyl groups is 1. The van der Waals surface area contributed by atoms with Crippen LogP contribution in [0.4, 0.5) is 0 Å². The fourth-order valence-electron chi connectivity index (χ4n) is 3.15. The first-order valence-electron chi connectivity index (χ1n) is 8.01. The lowest BCUT2D eigenvalue weighted by molar-refractivity contribution is -0.0252. The fourth-order valence-corrected chi connectivity index (χ4v) is 3.73.